The molecule has 1 N–H and O–H groups in total. The smallest absolute Gasteiger partial charge is 0.257 e. The lowest BCUT2D eigenvalue weighted by Crippen LogP contribution is -2.27. The highest BCUT2D eigenvalue weighted by Gasteiger charge is 2.19. The molecule has 0 bridgehead atoms. The van der Waals surface area contributed by atoms with Gasteiger partial charge >= 0.3 is 0 Å². The zero-order valence-corrected chi connectivity index (χ0v) is 12.1. The second-order valence-electron chi connectivity index (χ2n) is 4.67. The number of nitrogens with zero attached hydrogens (tertiary/aromatic N) is 1. The number of nitrogens with one attached hydrogen (secondary N) is 1. The zero-order valence-electron chi connectivity index (χ0n) is 12.1. The van der Waals surface area contributed by atoms with E-state index in [9.17, 15) is 4.79 Å². The van der Waals surface area contributed by atoms with Gasteiger partial charge in [0.15, 0.2) is 0 Å². The third-order valence-corrected chi connectivity index (χ3v) is 3.20. The molecule has 0 radical (unpaired) electrons. The largest absolute Gasteiger partial charge is 0.497 e. The number of amides is 1. The van der Waals surface area contributed by atoms with Gasteiger partial charge in [-0.15, -0.1) is 0 Å². The molecule has 106 valence electrons. The average Bonchev–Trinajstić information content (AvgIpc) is 2.78. The first-order chi connectivity index (χ1) is 9.52. The van der Waals surface area contributed by atoms with Gasteiger partial charge in [0.2, 0.25) is 0 Å². The number of ether oxygens (including phenoxy) is 1. The molecule has 0 unspecified atom stereocenters. The van der Waals surface area contributed by atoms with E-state index in [0.29, 0.717) is 17.0 Å². The molecule has 0 fully saturated rings. The van der Waals surface area contributed by atoms with Crippen LogP contribution in [0, 0.1) is 13.8 Å². The van der Waals surface area contributed by atoms with Crippen LogP contribution in [0.3, 0.4) is 0 Å². The van der Waals surface area contributed by atoms with Gasteiger partial charge in [-0.1, -0.05) is 17.3 Å². The van der Waals surface area contributed by atoms with E-state index in [1.165, 1.54) is 0 Å². The molecule has 1 atom stereocenters. The molecule has 1 heterocycles. The second-order valence-corrected chi connectivity index (χ2v) is 4.67. The molecule has 2 rings (SSSR count). The lowest BCUT2D eigenvalue weighted by Gasteiger charge is -2.15. The predicted octanol–water partition coefficient (Wildman–Crippen LogP) is 2.79. The molecule has 2 aromatic rings. The SMILES string of the molecule is COc1cccc([C@@H](C)NC(=O)c2c(C)noc2C)c1. The van der Waals surface area contributed by atoms with Crippen molar-refractivity contribution in [3.05, 3.63) is 46.8 Å². The van der Waals surface area contributed by atoms with Crippen molar-refractivity contribution in [1.82, 2.24) is 10.5 Å². The molecule has 0 aliphatic heterocycles. The summed E-state index contributed by atoms with van der Waals surface area (Å²) in [5, 5.41) is 6.73. The maximum atomic E-state index is 12.2. The molecular weight excluding hydrogens is 256 g/mol. The lowest BCUT2D eigenvalue weighted by molar-refractivity contribution is 0.0938. The number of carbonyl (C=O) groups excluding carboxylic acids is 1. The monoisotopic (exact) mass is 274 g/mol. The van der Waals surface area contributed by atoms with E-state index in [4.69, 9.17) is 9.26 Å². The lowest BCUT2D eigenvalue weighted by atomic mass is 10.1. The summed E-state index contributed by atoms with van der Waals surface area (Å²) in [6.07, 6.45) is 0. The Bertz CT molecular complexity index is 600. The number of aryl methyl sites for hydroxylation is 2. The molecular formula is C15H18N2O3. The van der Waals surface area contributed by atoms with Crippen LogP contribution >= 0.6 is 0 Å². The minimum Gasteiger partial charge on any atom is -0.497 e. The van der Waals surface area contributed by atoms with E-state index < -0.39 is 0 Å². The first kappa shape index (κ1) is 14.1. The summed E-state index contributed by atoms with van der Waals surface area (Å²) in [7, 11) is 1.62. The fourth-order valence-electron chi connectivity index (χ4n) is 2.07. The molecule has 20 heavy (non-hydrogen) atoms. The first-order valence-electron chi connectivity index (χ1n) is 6.40. The van der Waals surface area contributed by atoms with Gasteiger partial charge in [-0.3, -0.25) is 4.79 Å². The Kier molecular flexibility index (Phi) is 4.08. The van der Waals surface area contributed by atoms with Crippen molar-refractivity contribution in [3.63, 3.8) is 0 Å². The molecule has 1 aromatic heterocycles. The Morgan fingerprint density at radius 3 is 2.75 bits per heavy atom. The van der Waals surface area contributed by atoms with Crippen molar-refractivity contribution >= 4 is 5.91 Å². The van der Waals surface area contributed by atoms with Gasteiger partial charge < -0.3 is 14.6 Å². The third kappa shape index (κ3) is 2.82. The highest BCUT2D eigenvalue weighted by atomic mass is 16.5. The second kappa shape index (κ2) is 5.77. The van der Waals surface area contributed by atoms with Gasteiger partial charge in [0.25, 0.3) is 5.91 Å². The third-order valence-electron chi connectivity index (χ3n) is 3.20. The molecule has 0 aliphatic carbocycles. The minimum absolute atomic E-state index is 0.133. The van der Waals surface area contributed by atoms with Crippen LogP contribution in [0.4, 0.5) is 0 Å². The topological polar surface area (TPSA) is 64.4 Å². The first-order valence-corrected chi connectivity index (χ1v) is 6.40. The van der Waals surface area contributed by atoms with Crippen molar-refractivity contribution in [2.24, 2.45) is 0 Å². The molecule has 0 spiro atoms. The molecule has 5 nitrogen and oxygen atoms in total. The number of hydrogen-bond acceptors (Lipinski definition) is 4. The molecule has 1 aromatic carbocycles. The van der Waals surface area contributed by atoms with Crippen molar-refractivity contribution < 1.29 is 14.1 Å². The van der Waals surface area contributed by atoms with Crippen LogP contribution in [0.25, 0.3) is 0 Å². The van der Waals surface area contributed by atoms with Crippen molar-refractivity contribution in [1.29, 1.82) is 0 Å². The van der Waals surface area contributed by atoms with Gasteiger partial charge in [0, 0.05) is 0 Å². The number of hydrogen-bond donors (Lipinski definition) is 1. The highest BCUT2D eigenvalue weighted by molar-refractivity contribution is 5.96. The summed E-state index contributed by atoms with van der Waals surface area (Å²) in [6.45, 7) is 5.40. The zero-order chi connectivity index (χ0) is 14.7. The maximum absolute atomic E-state index is 12.2. The predicted molar refractivity (Wildman–Crippen MR) is 74.9 cm³/mol. The number of aromatic nitrogens is 1. The Hall–Kier alpha value is -2.30. The summed E-state index contributed by atoms with van der Waals surface area (Å²) in [4.78, 5) is 12.2. The Morgan fingerprint density at radius 1 is 1.40 bits per heavy atom. The fraction of sp³-hybridized carbons (Fsp3) is 0.333. The van der Waals surface area contributed by atoms with Crippen LogP contribution in [0.1, 0.15) is 40.3 Å². The average molecular weight is 274 g/mol. The van der Waals surface area contributed by atoms with Gasteiger partial charge in [0.05, 0.1) is 18.8 Å². The molecule has 0 aliphatic rings. The van der Waals surface area contributed by atoms with Crippen molar-refractivity contribution in [2.45, 2.75) is 26.8 Å². The van der Waals surface area contributed by atoms with Gasteiger partial charge in [-0.2, -0.15) is 0 Å². The van der Waals surface area contributed by atoms with Crippen LogP contribution in [0.5, 0.6) is 5.75 Å². The Morgan fingerprint density at radius 2 is 2.15 bits per heavy atom. The van der Waals surface area contributed by atoms with Gasteiger partial charge in [0.1, 0.15) is 17.1 Å². The molecule has 1 amide bonds. The summed E-state index contributed by atoms with van der Waals surface area (Å²) in [6, 6.07) is 7.48. The molecule has 0 saturated carbocycles. The molecule has 0 saturated heterocycles. The Labute approximate surface area is 117 Å². The van der Waals surface area contributed by atoms with Crippen LogP contribution in [-0.4, -0.2) is 18.2 Å². The highest BCUT2D eigenvalue weighted by Crippen LogP contribution is 2.20. The fourth-order valence-corrected chi connectivity index (χ4v) is 2.07. The summed E-state index contributed by atoms with van der Waals surface area (Å²) in [5.74, 6) is 1.11. The number of rotatable bonds is 4. The number of benzene rings is 1. The van der Waals surface area contributed by atoms with Crippen LogP contribution in [-0.2, 0) is 0 Å². The quantitative estimate of drug-likeness (QED) is 0.931. The minimum atomic E-state index is -0.184. The summed E-state index contributed by atoms with van der Waals surface area (Å²) in [5.41, 5.74) is 2.07. The number of carbonyl (C=O) groups is 1. The summed E-state index contributed by atoms with van der Waals surface area (Å²) >= 11 is 0. The van der Waals surface area contributed by atoms with Crippen LogP contribution < -0.4 is 10.1 Å². The van der Waals surface area contributed by atoms with E-state index in [2.05, 4.69) is 10.5 Å². The standard InChI is InChI=1S/C15H18N2O3/c1-9(12-6-5-7-13(8-12)19-4)16-15(18)14-10(2)17-20-11(14)3/h5-9H,1-4H3,(H,16,18)/t9-/m1/s1. The van der Waals surface area contributed by atoms with E-state index in [1.807, 2.05) is 31.2 Å². The van der Waals surface area contributed by atoms with Crippen LogP contribution in [0.2, 0.25) is 0 Å². The Balaban J connectivity index is 2.15. The normalized spacial score (nSPS) is 12.0. The maximum Gasteiger partial charge on any atom is 0.257 e. The van der Waals surface area contributed by atoms with Crippen molar-refractivity contribution in [2.75, 3.05) is 7.11 Å². The van der Waals surface area contributed by atoms with E-state index in [-0.39, 0.29) is 11.9 Å². The van der Waals surface area contributed by atoms with Crippen LogP contribution in [0.15, 0.2) is 28.8 Å². The van der Waals surface area contributed by atoms with E-state index >= 15 is 0 Å². The number of methoxy groups -OCH3 is 1. The van der Waals surface area contributed by atoms with E-state index in [0.717, 1.165) is 11.3 Å². The van der Waals surface area contributed by atoms with Gasteiger partial charge in [-0.05, 0) is 38.5 Å². The van der Waals surface area contributed by atoms with Crippen molar-refractivity contribution in [3.8, 4) is 5.75 Å². The molecule has 5 heteroatoms. The van der Waals surface area contributed by atoms with E-state index in [1.54, 1.807) is 21.0 Å². The summed E-state index contributed by atoms with van der Waals surface area (Å²) < 4.78 is 10.2. The van der Waals surface area contributed by atoms with Gasteiger partial charge in [-0.25, -0.2) is 0 Å².